The second kappa shape index (κ2) is 21.4. The number of sulfonamides is 1. The van der Waals surface area contributed by atoms with Crippen LogP contribution in [0.4, 0.5) is 29.3 Å². The van der Waals surface area contributed by atoms with E-state index in [2.05, 4.69) is 20.0 Å². The van der Waals surface area contributed by atoms with Crippen LogP contribution in [-0.2, 0) is 24.6 Å². The van der Waals surface area contributed by atoms with Gasteiger partial charge in [0, 0.05) is 98.4 Å². The third kappa shape index (κ3) is 12.4. The fourth-order valence-corrected chi connectivity index (χ4v) is 11.2. The van der Waals surface area contributed by atoms with Crippen LogP contribution in [0.15, 0.2) is 117 Å². The molecule has 3 aliphatic heterocycles. The summed E-state index contributed by atoms with van der Waals surface area (Å²) in [6, 6.07) is 24.8. The minimum atomic E-state index is -6.08. The molecule has 2 saturated heterocycles. The number of carboxylic acid groups (broad SMARTS) is 1. The van der Waals surface area contributed by atoms with E-state index in [4.69, 9.17) is 16.3 Å². The Balaban J connectivity index is 1.02. The Bertz CT molecular complexity index is 2600. The van der Waals surface area contributed by atoms with Crippen molar-refractivity contribution in [2.45, 2.75) is 39.1 Å². The monoisotopic (exact) mass is 990 g/mol. The molecule has 14 nitrogen and oxygen atoms in total. The molecular weight excluding hydrogens is 941 g/mol. The number of alkyl halides is 3. The number of piperazine rings is 1. The van der Waals surface area contributed by atoms with Gasteiger partial charge in [-0.1, -0.05) is 41.9 Å². The summed E-state index contributed by atoms with van der Waals surface area (Å²) in [5, 5.41) is 13.3. The fourth-order valence-electron chi connectivity index (χ4n) is 8.06. The van der Waals surface area contributed by atoms with E-state index in [9.17, 15) is 44.7 Å². The number of benzene rings is 4. The van der Waals surface area contributed by atoms with Crippen LogP contribution < -0.4 is 14.9 Å². The first-order valence-corrected chi connectivity index (χ1v) is 25.6. The number of carbonyl (C=O) groups is 2. The van der Waals surface area contributed by atoms with Gasteiger partial charge in [-0.25, -0.2) is 26.4 Å². The molecule has 2 fully saturated rings. The molecule has 0 saturated carbocycles. The number of ether oxygens (including phenoxy) is 1. The number of anilines is 2. The van der Waals surface area contributed by atoms with Gasteiger partial charge in [0.05, 0.1) is 23.8 Å². The molecule has 3 N–H and O–H groups in total. The van der Waals surface area contributed by atoms with E-state index in [1.54, 1.807) is 12.1 Å². The van der Waals surface area contributed by atoms with E-state index < -0.39 is 58.9 Å². The van der Waals surface area contributed by atoms with E-state index >= 15 is 0 Å². The van der Waals surface area contributed by atoms with Crippen LogP contribution in [0.1, 0.15) is 28.8 Å². The van der Waals surface area contributed by atoms with E-state index in [1.807, 2.05) is 59.3 Å². The van der Waals surface area contributed by atoms with Crippen molar-refractivity contribution in [2.24, 2.45) is 0 Å². The molecule has 1 atom stereocenters. The highest BCUT2D eigenvalue weighted by Crippen LogP contribution is 2.37. The summed E-state index contributed by atoms with van der Waals surface area (Å²) in [7, 11) is -11.0. The highest BCUT2D eigenvalue weighted by molar-refractivity contribution is 7.99. The molecule has 4 aromatic carbocycles. The Morgan fingerprint density at radius 3 is 2.17 bits per heavy atom. The molecule has 7 rings (SSSR count). The average molecular weight is 992 g/mol. The summed E-state index contributed by atoms with van der Waals surface area (Å²) in [6.07, 6.45) is 0.0428. The molecule has 0 spiro atoms. The van der Waals surface area contributed by atoms with E-state index in [1.165, 1.54) is 28.8 Å². The van der Waals surface area contributed by atoms with Crippen molar-refractivity contribution in [2.75, 3.05) is 94.6 Å². The number of nitrogens with one attached hydrogen (secondary N) is 2. The molecule has 66 heavy (non-hydrogen) atoms. The Labute approximate surface area is 391 Å². The Kier molecular flexibility index (Phi) is 15.9. The summed E-state index contributed by atoms with van der Waals surface area (Å²) >= 11 is 7.56. The molecule has 3 heterocycles. The number of amides is 2. The van der Waals surface area contributed by atoms with Crippen molar-refractivity contribution in [3.63, 3.8) is 0 Å². The predicted octanol–water partition coefficient (Wildman–Crippen LogP) is 7.01. The molecule has 0 aromatic heterocycles. The third-order valence-corrected chi connectivity index (χ3v) is 16.0. The van der Waals surface area contributed by atoms with Crippen molar-refractivity contribution in [3.8, 4) is 0 Å². The maximum atomic E-state index is 14.2. The molecule has 0 bridgehead atoms. The lowest BCUT2D eigenvalue weighted by molar-refractivity contribution is -0.0436. The summed E-state index contributed by atoms with van der Waals surface area (Å²) in [6.45, 7) is 6.77. The molecule has 4 aromatic rings. The van der Waals surface area contributed by atoms with Gasteiger partial charge in [0.2, 0.25) is 0 Å². The normalized spacial score (nSPS) is 17.4. The lowest BCUT2D eigenvalue weighted by atomic mass is 9.93. The first-order chi connectivity index (χ1) is 31.5. The van der Waals surface area contributed by atoms with Crippen LogP contribution in [0, 0.1) is 0 Å². The minimum absolute atomic E-state index is 0.0524. The number of hydrogen-bond donors (Lipinski definition) is 3. The maximum Gasteiger partial charge on any atom is 0.501 e. The topological polar surface area (TPSA) is 169 Å². The number of carbonyl (C=O) groups excluding carboxylic acids is 1. The van der Waals surface area contributed by atoms with Crippen LogP contribution in [0.3, 0.4) is 0 Å². The fraction of sp³-hybridized carbons (Fsp3) is 0.378. The molecule has 0 aliphatic carbocycles. The zero-order chi connectivity index (χ0) is 47.1. The number of nitrogens with zero attached hydrogens (tertiary/aromatic N) is 4. The molecule has 0 radical (unpaired) electrons. The number of rotatable bonds is 16. The molecule has 3 aliphatic rings. The summed E-state index contributed by atoms with van der Waals surface area (Å²) < 4.78 is 103. The van der Waals surface area contributed by atoms with Gasteiger partial charge in [0.1, 0.15) is 4.90 Å². The molecule has 21 heteroatoms. The maximum absolute atomic E-state index is 14.2. The number of sulfone groups is 1. The lowest BCUT2D eigenvalue weighted by Gasteiger charge is -2.38. The first-order valence-electron chi connectivity index (χ1n) is 21.3. The van der Waals surface area contributed by atoms with Crippen molar-refractivity contribution in [1.29, 1.82) is 0 Å². The van der Waals surface area contributed by atoms with Gasteiger partial charge in [0.15, 0.2) is 0 Å². The number of hydrogen-bond acceptors (Lipinski definition) is 12. The van der Waals surface area contributed by atoms with E-state index in [-0.39, 0.29) is 5.56 Å². The summed E-state index contributed by atoms with van der Waals surface area (Å²) in [4.78, 5) is 31.8. The van der Waals surface area contributed by atoms with Gasteiger partial charge in [0.25, 0.3) is 25.8 Å². The van der Waals surface area contributed by atoms with Gasteiger partial charge in [-0.3, -0.25) is 14.6 Å². The second-order valence-electron chi connectivity index (χ2n) is 16.1. The largest absolute Gasteiger partial charge is 0.501 e. The Hall–Kier alpha value is -4.83. The lowest BCUT2D eigenvalue weighted by Crippen LogP contribution is -2.48. The van der Waals surface area contributed by atoms with E-state index in [0.29, 0.717) is 108 Å². The Morgan fingerprint density at radius 2 is 1.52 bits per heavy atom. The molecular formula is C45H50ClF3N6O8S3. The number of morpholine rings is 1. The van der Waals surface area contributed by atoms with Gasteiger partial charge >= 0.3 is 11.6 Å². The zero-order valence-electron chi connectivity index (χ0n) is 35.8. The van der Waals surface area contributed by atoms with Crippen LogP contribution in [0.25, 0.3) is 5.57 Å². The smallest absolute Gasteiger partial charge is 0.465 e. The highest BCUT2D eigenvalue weighted by atomic mass is 35.5. The van der Waals surface area contributed by atoms with Crippen LogP contribution >= 0.6 is 23.4 Å². The minimum Gasteiger partial charge on any atom is -0.465 e. The van der Waals surface area contributed by atoms with Gasteiger partial charge in [-0.15, -0.1) is 11.8 Å². The number of halogens is 4. The van der Waals surface area contributed by atoms with Crippen LogP contribution in [0.5, 0.6) is 0 Å². The van der Waals surface area contributed by atoms with Gasteiger partial charge < -0.3 is 25.0 Å². The predicted molar refractivity (Wildman–Crippen MR) is 248 cm³/mol. The quantitative estimate of drug-likeness (QED) is 0.0983. The van der Waals surface area contributed by atoms with Gasteiger partial charge in [-0.2, -0.15) is 13.2 Å². The average Bonchev–Trinajstić information content (AvgIpc) is 3.30. The molecule has 354 valence electrons. The number of thioether (sulfide) groups is 1. The first kappa shape index (κ1) is 49.1. The Morgan fingerprint density at radius 1 is 0.833 bits per heavy atom. The van der Waals surface area contributed by atoms with Crippen molar-refractivity contribution < 1.29 is 49.4 Å². The zero-order valence-corrected chi connectivity index (χ0v) is 39.0. The second-order valence-corrected chi connectivity index (χ2v) is 21.2. The van der Waals surface area contributed by atoms with Crippen LogP contribution in [0.2, 0.25) is 5.02 Å². The van der Waals surface area contributed by atoms with Crippen molar-refractivity contribution >= 4 is 72.2 Å². The van der Waals surface area contributed by atoms with Crippen LogP contribution in [-0.4, -0.2) is 145 Å². The molecule has 2 amide bonds. The molecule has 0 unspecified atom stereocenters. The van der Waals surface area contributed by atoms with Crippen molar-refractivity contribution in [1.82, 2.24) is 19.4 Å². The van der Waals surface area contributed by atoms with Gasteiger partial charge in [-0.05, 0) is 96.3 Å². The standard InChI is InChI=1S/C45H50ClF3N6O8S3/c46-35-10-6-32(7-11-35)40-17-19-55(44(57)58)30-34(40)29-53-20-22-54(23-21-53)37-12-8-33(9-13-37)43(56)51-66(61,62)39-14-15-41(42(28-39)65(59,60)45(47,48)49)50-36(16-18-52-24-26-63-27-25-52)31-64-38-4-2-1-3-5-38/h1-15,28,36,50H,16-27,29-31H2,(H,51,56)(H,57,58)/t36-/m1/s1. The van der Waals surface area contributed by atoms with Crippen molar-refractivity contribution in [3.05, 3.63) is 119 Å². The highest BCUT2D eigenvalue weighted by Gasteiger charge is 2.48. The summed E-state index contributed by atoms with van der Waals surface area (Å²) in [5.41, 5.74) is -2.33. The SMILES string of the molecule is O=C(NS(=O)(=O)c1ccc(N[C@H](CCN2CCOCC2)CSc2ccccc2)c(S(=O)(=O)C(F)(F)F)c1)c1ccc(N2CCN(CC3=C(c4ccc(Cl)cc4)CCN(C(=O)O)C3)CC2)cc1. The third-order valence-electron chi connectivity index (χ3n) is 11.7. The van der Waals surface area contributed by atoms with E-state index in [0.717, 1.165) is 39.4 Å². The summed E-state index contributed by atoms with van der Waals surface area (Å²) in [5.74, 6) is -0.715.